The van der Waals surface area contributed by atoms with Gasteiger partial charge in [-0.2, -0.15) is 0 Å². The monoisotopic (exact) mass is 410 g/mol. The molecule has 0 aliphatic rings. The van der Waals surface area contributed by atoms with Crippen molar-refractivity contribution in [3.63, 3.8) is 0 Å². The van der Waals surface area contributed by atoms with Crippen molar-refractivity contribution in [3.05, 3.63) is 65.7 Å². The number of para-hydroxylation sites is 1. The van der Waals surface area contributed by atoms with Crippen molar-refractivity contribution >= 4 is 11.8 Å². The van der Waals surface area contributed by atoms with Crippen molar-refractivity contribution < 1.29 is 14.3 Å². The van der Waals surface area contributed by atoms with Crippen LogP contribution >= 0.6 is 0 Å². The Morgan fingerprint density at radius 1 is 1.00 bits per heavy atom. The van der Waals surface area contributed by atoms with Gasteiger partial charge in [0.25, 0.3) is 0 Å². The number of rotatable bonds is 11. The van der Waals surface area contributed by atoms with Crippen LogP contribution in [0, 0.1) is 12.8 Å². The summed E-state index contributed by atoms with van der Waals surface area (Å²) in [5.41, 5.74) is 2.16. The van der Waals surface area contributed by atoms with E-state index in [1.807, 2.05) is 75.4 Å². The first-order valence-corrected chi connectivity index (χ1v) is 10.7. The van der Waals surface area contributed by atoms with Gasteiger partial charge in [0.1, 0.15) is 11.8 Å². The summed E-state index contributed by atoms with van der Waals surface area (Å²) < 4.78 is 5.70. The van der Waals surface area contributed by atoms with Crippen LogP contribution in [0.4, 0.5) is 0 Å². The largest absolute Gasteiger partial charge is 0.494 e. The van der Waals surface area contributed by atoms with Crippen molar-refractivity contribution in [3.8, 4) is 5.75 Å². The summed E-state index contributed by atoms with van der Waals surface area (Å²) >= 11 is 0. The Balaban J connectivity index is 2.00. The molecule has 1 N–H and O–H groups in total. The van der Waals surface area contributed by atoms with E-state index in [2.05, 4.69) is 5.32 Å². The number of carbonyl (C=O) groups is 2. The first-order chi connectivity index (χ1) is 14.4. The Morgan fingerprint density at radius 3 is 2.33 bits per heavy atom. The van der Waals surface area contributed by atoms with Gasteiger partial charge in [-0.05, 0) is 49.4 Å². The number of hydrogen-bond acceptors (Lipinski definition) is 3. The van der Waals surface area contributed by atoms with Crippen molar-refractivity contribution in [2.24, 2.45) is 5.92 Å². The molecule has 2 aromatic carbocycles. The van der Waals surface area contributed by atoms with E-state index in [1.54, 1.807) is 11.8 Å². The number of hydrogen-bond donors (Lipinski definition) is 1. The third-order valence-electron chi connectivity index (χ3n) is 5.00. The highest BCUT2D eigenvalue weighted by atomic mass is 16.5. The number of aryl methyl sites for hydroxylation is 1. The van der Waals surface area contributed by atoms with Gasteiger partial charge in [-0.15, -0.1) is 0 Å². The molecule has 0 unspecified atom stereocenters. The highest BCUT2D eigenvalue weighted by Crippen LogP contribution is 2.16. The van der Waals surface area contributed by atoms with E-state index in [0.717, 1.165) is 16.9 Å². The Kier molecular flexibility index (Phi) is 9.39. The van der Waals surface area contributed by atoms with E-state index >= 15 is 0 Å². The van der Waals surface area contributed by atoms with Crippen molar-refractivity contribution in [2.75, 3.05) is 13.2 Å². The van der Waals surface area contributed by atoms with Gasteiger partial charge in [-0.1, -0.05) is 56.3 Å². The molecule has 5 heteroatoms. The van der Waals surface area contributed by atoms with E-state index in [9.17, 15) is 9.59 Å². The van der Waals surface area contributed by atoms with Crippen LogP contribution < -0.4 is 10.1 Å². The number of nitrogens with one attached hydrogen (secondary N) is 1. The fourth-order valence-electron chi connectivity index (χ4n) is 3.08. The molecule has 0 saturated carbocycles. The van der Waals surface area contributed by atoms with Gasteiger partial charge < -0.3 is 15.0 Å². The maximum Gasteiger partial charge on any atom is 0.242 e. The van der Waals surface area contributed by atoms with Gasteiger partial charge in [-0.25, -0.2) is 0 Å². The minimum atomic E-state index is -0.536. The number of nitrogens with zero attached hydrogens (tertiary/aromatic N) is 1. The quantitative estimate of drug-likeness (QED) is 0.561. The second-order valence-electron chi connectivity index (χ2n) is 8.03. The number of carbonyl (C=O) groups excluding carboxylic acids is 2. The van der Waals surface area contributed by atoms with Crippen molar-refractivity contribution in [2.45, 2.75) is 53.1 Å². The fourth-order valence-corrected chi connectivity index (χ4v) is 3.08. The molecule has 0 saturated heterocycles. The summed E-state index contributed by atoms with van der Waals surface area (Å²) in [7, 11) is 0. The molecule has 2 amide bonds. The van der Waals surface area contributed by atoms with E-state index in [1.165, 1.54) is 0 Å². The van der Waals surface area contributed by atoms with E-state index in [-0.39, 0.29) is 11.8 Å². The molecule has 0 aromatic heterocycles. The van der Waals surface area contributed by atoms with Crippen LogP contribution in [0.15, 0.2) is 54.6 Å². The summed E-state index contributed by atoms with van der Waals surface area (Å²) in [6, 6.07) is 17.0. The van der Waals surface area contributed by atoms with Crippen LogP contribution in [0.25, 0.3) is 0 Å². The lowest BCUT2D eigenvalue weighted by molar-refractivity contribution is -0.140. The first-order valence-electron chi connectivity index (χ1n) is 10.7. The molecule has 0 heterocycles. The first kappa shape index (κ1) is 23.5. The van der Waals surface area contributed by atoms with Crippen LogP contribution in [0.1, 0.15) is 44.7 Å². The maximum absolute atomic E-state index is 13.0. The molecule has 0 bridgehead atoms. The van der Waals surface area contributed by atoms with Gasteiger partial charge in [0, 0.05) is 19.5 Å². The molecule has 30 heavy (non-hydrogen) atoms. The molecule has 5 nitrogen and oxygen atoms in total. The highest BCUT2D eigenvalue weighted by molar-refractivity contribution is 5.87. The fraction of sp³-hybridized carbons (Fsp3) is 0.440. The van der Waals surface area contributed by atoms with Crippen molar-refractivity contribution in [1.29, 1.82) is 0 Å². The topological polar surface area (TPSA) is 58.6 Å². The van der Waals surface area contributed by atoms with Crippen LogP contribution in [-0.2, 0) is 16.1 Å². The van der Waals surface area contributed by atoms with Crippen LogP contribution in [-0.4, -0.2) is 35.9 Å². The van der Waals surface area contributed by atoms with E-state index in [4.69, 9.17) is 4.74 Å². The van der Waals surface area contributed by atoms with Gasteiger partial charge in [0.05, 0.1) is 6.61 Å². The lowest BCUT2D eigenvalue weighted by Crippen LogP contribution is -2.48. The standard InChI is InChI=1S/C25H34N2O3/c1-19(2)17-26-25(29)21(4)27(18-22-12-9-8-11-20(22)3)24(28)15-10-16-30-23-13-6-5-7-14-23/h5-9,11-14,19,21H,10,15-18H2,1-4H3,(H,26,29)/t21-/m0/s1. The predicted octanol–water partition coefficient (Wildman–Crippen LogP) is 4.34. The molecule has 0 aliphatic heterocycles. The second kappa shape index (κ2) is 12.0. The molecule has 162 valence electrons. The summed E-state index contributed by atoms with van der Waals surface area (Å²) in [6.45, 7) is 9.40. The van der Waals surface area contributed by atoms with Gasteiger partial charge in [-0.3, -0.25) is 9.59 Å². The van der Waals surface area contributed by atoms with E-state index in [0.29, 0.717) is 38.5 Å². The zero-order valence-electron chi connectivity index (χ0n) is 18.6. The minimum Gasteiger partial charge on any atom is -0.494 e. The molecular weight excluding hydrogens is 376 g/mol. The number of ether oxygens (including phenoxy) is 1. The second-order valence-corrected chi connectivity index (χ2v) is 8.03. The van der Waals surface area contributed by atoms with Gasteiger partial charge in [0.2, 0.25) is 11.8 Å². The molecule has 0 aliphatic carbocycles. The molecule has 2 rings (SSSR count). The third-order valence-corrected chi connectivity index (χ3v) is 5.00. The van der Waals surface area contributed by atoms with Gasteiger partial charge in [0.15, 0.2) is 0 Å². The zero-order valence-corrected chi connectivity index (χ0v) is 18.6. The number of amides is 2. The predicted molar refractivity (Wildman–Crippen MR) is 120 cm³/mol. The summed E-state index contributed by atoms with van der Waals surface area (Å²) in [5, 5.41) is 2.95. The van der Waals surface area contributed by atoms with Gasteiger partial charge >= 0.3 is 0 Å². The third kappa shape index (κ3) is 7.54. The zero-order chi connectivity index (χ0) is 21.9. The average molecular weight is 411 g/mol. The Bertz CT molecular complexity index is 805. The molecular formula is C25H34N2O3. The summed E-state index contributed by atoms with van der Waals surface area (Å²) in [5.74, 6) is 0.994. The Hall–Kier alpha value is -2.82. The minimum absolute atomic E-state index is 0.0397. The average Bonchev–Trinajstić information content (AvgIpc) is 2.74. The molecule has 1 atom stereocenters. The maximum atomic E-state index is 13.0. The van der Waals surface area contributed by atoms with Crippen LogP contribution in [0.5, 0.6) is 5.75 Å². The summed E-state index contributed by atoms with van der Waals surface area (Å²) in [4.78, 5) is 27.4. The van der Waals surface area contributed by atoms with Crippen LogP contribution in [0.2, 0.25) is 0 Å². The normalized spacial score (nSPS) is 11.8. The Morgan fingerprint density at radius 2 is 1.67 bits per heavy atom. The van der Waals surface area contributed by atoms with Crippen LogP contribution in [0.3, 0.4) is 0 Å². The van der Waals surface area contributed by atoms with E-state index < -0.39 is 6.04 Å². The van der Waals surface area contributed by atoms with Crippen molar-refractivity contribution in [1.82, 2.24) is 10.2 Å². The highest BCUT2D eigenvalue weighted by Gasteiger charge is 2.26. The lowest BCUT2D eigenvalue weighted by atomic mass is 10.1. The Labute approximate surface area is 180 Å². The molecule has 0 spiro atoms. The molecule has 2 aromatic rings. The smallest absolute Gasteiger partial charge is 0.242 e. The molecule has 0 radical (unpaired) electrons. The number of benzene rings is 2. The molecule has 0 fully saturated rings. The SMILES string of the molecule is Cc1ccccc1CN(C(=O)CCCOc1ccccc1)[C@@H](C)C(=O)NCC(C)C. The lowest BCUT2D eigenvalue weighted by Gasteiger charge is -2.29. The summed E-state index contributed by atoms with van der Waals surface area (Å²) in [6.07, 6.45) is 0.929.